The molecule has 1 fully saturated rings. The van der Waals surface area contributed by atoms with Crippen LogP contribution in [0.1, 0.15) is 30.9 Å². The first-order chi connectivity index (χ1) is 9.08. The molecule has 2 heterocycles. The van der Waals surface area contributed by atoms with E-state index in [1.165, 1.54) is 5.56 Å². The Morgan fingerprint density at radius 1 is 1.53 bits per heavy atom. The molecule has 104 valence electrons. The molecule has 3 rings (SSSR count). The second-order valence-corrected chi connectivity index (χ2v) is 7.43. The molecule has 0 amide bonds. The molecule has 1 N–H and O–H groups in total. The van der Waals surface area contributed by atoms with E-state index in [0.717, 1.165) is 48.0 Å². The lowest BCUT2D eigenvalue weighted by atomic mass is 9.86. The van der Waals surface area contributed by atoms with Crippen molar-refractivity contribution in [1.29, 1.82) is 0 Å². The van der Waals surface area contributed by atoms with Gasteiger partial charge in [-0.15, -0.1) is 0 Å². The van der Waals surface area contributed by atoms with E-state index >= 15 is 0 Å². The second kappa shape index (κ2) is 5.19. The van der Waals surface area contributed by atoms with Crippen LogP contribution in [0.5, 0.6) is 5.75 Å². The highest BCUT2D eigenvalue weighted by atomic mass is 35.5. The first-order valence-corrected chi connectivity index (χ1v) is 8.29. The van der Waals surface area contributed by atoms with E-state index in [4.69, 9.17) is 16.3 Å². The van der Waals surface area contributed by atoms with Crippen LogP contribution in [-0.2, 0) is 12.8 Å². The summed E-state index contributed by atoms with van der Waals surface area (Å²) in [7, 11) is 0. The van der Waals surface area contributed by atoms with Crippen molar-refractivity contribution in [3.8, 4) is 5.75 Å². The minimum Gasteiger partial charge on any atom is -0.493 e. The average molecular weight is 299 g/mol. The molecule has 1 saturated heterocycles. The lowest BCUT2D eigenvalue weighted by Crippen LogP contribution is -2.43. The highest BCUT2D eigenvalue weighted by Gasteiger charge is 2.38. The number of halogens is 1. The van der Waals surface area contributed by atoms with E-state index in [1.54, 1.807) is 0 Å². The summed E-state index contributed by atoms with van der Waals surface area (Å²) in [6, 6.07) is 3.94. The van der Waals surface area contributed by atoms with E-state index in [-0.39, 0.29) is 5.25 Å². The normalized spacial score (nSPS) is 29.9. The number of fused-ring (bicyclic) bond motifs is 1. The van der Waals surface area contributed by atoms with E-state index in [9.17, 15) is 5.11 Å². The highest BCUT2D eigenvalue weighted by Crippen LogP contribution is 2.40. The Labute approximate surface area is 123 Å². The molecule has 2 unspecified atom stereocenters. The predicted molar refractivity (Wildman–Crippen MR) is 80.5 cm³/mol. The van der Waals surface area contributed by atoms with Gasteiger partial charge in [0.1, 0.15) is 5.75 Å². The van der Waals surface area contributed by atoms with Crippen LogP contribution in [0.3, 0.4) is 0 Å². The quantitative estimate of drug-likeness (QED) is 0.906. The zero-order valence-corrected chi connectivity index (χ0v) is 12.7. The minimum absolute atomic E-state index is 0.261. The molecule has 2 aliphatic rings. The van der Waals surface area contributed by atoms with Gasteiger partial charge in [-0.05, 0) is 41.9 Å². The monoisotopic (exact) mass is 298 g/mol. The number of ether oxygens (including phenoxy) is 1. The molecule has 0 aromatic heterocycles. The molecule has 1 aromatic carbocycles. The van der Waals surface area contributed by atoms with Crippen LogP contribution in [0.15, 0.2) is 12.1 Å². The third-order valence-corrected chi connectivity index (χ3v) is 5.88. The van der Waals surface area contributed by atoms with Crippen LogP contribution in [0.2, 0.25) is 5.02 Å². The Balaban J connectivity index is 1.91. The smallest absolute Gasteiger partial charge is 0.126 e. The van der Waals surface area contributed by atoms with Crippen LogP contribution in [0.4, 0.5) is 0 Å². The molecule has 4 heteroatoms. The molecule has 1 aromatic rings. The van der Waals surface area contributed by atoms with Gasteiger partial charge in [0.15, 0.2) is 0 Å². The molecule has 0 aliphatic carbocycles. The summed E-state index contributed by atoms with van der Waals surface area (Å²) >= 11 is 8.04. The molecule has 2 aliphatic heterocycles. The molecule has 0 radical (unpaired) electrons. The number of aliphatic hydroxyl groups is 1. The Morgan fingerprint density at radius 3 is 3.16 bits per heavy atom. The van der Waals surface area contributed by atoms with Crippen LogP contribution in [-0.4, -0.2) is 28.3 Å². The van der Waals surface area contributed by atoms with Crippen LogP contribution in [0.25, 0.3) is 0 Å². The Bertz CT molecular complexity index is 491. The molecular weight excluding hydrogens is 280 g/mol. The number of hydrogen-bond donors (Lipinski definition) is 1. The molecule has 2 nitrogen and oxygen atoms in total. The Morgan fingerprint density at radius 2 is 2.37 bits per heavy atom. The summed E-state index contributed by atoms with van der Waals surface area (Å²) in [5.41, 5.74) is 1.62. The first kappa shape index (κ1) is 13.6. The maximum Gasteiger partial charge on any atom is 0.126 e. The summed E-state index contributed by atoms with van der Waals surface area (Å²) in [6.07, 6.45) is 3.51. The molecule has 0 saturated carbocycles. The molecule has 0 spiro atoms. The van der Waals surface area contributed by atoms with E-state index in [0.29, 0.717) is 6.42 Å². The molecule has 19 heavy (non-hydrogen) atoms. The van der Waals surface area contributed by atoms with Crippen molar-refractivity contribution < 1.29 is 9.84 Å². The lowest BCUT2D eigenvalue weighted by molar-refractivity contribution is 0.0292. The number of thioether (sulfide) groups is 1. The number of benzene rings is 1. The zero-order chi connectivity index (χ0) is 13.5. The highest BCUT2D eigenvalue weighted by molar-refractivity contribution is 8.00. The van der Waals surface area contributed by atoms with Crippen molar-refractivity contribution in [2.75, 3.05) is 12.4 Å². The fraction of sp³-hybridized carbons (Fsp3) is 0.600. The van der Waals surface area contributed by atoms with Crippen LogP contribution < -0.4 is 4.74 Å². The summed E-state index contributed by atoms with van der Waals surface area (Å²) < 4.78 is 5.73. The number of hydrogen-bond acceptors (Lipinski definition) is 3. The third kappa shape index (κ3) is 2.61. The van der Waals surface area contributed by atoms with Gasteiger partial charge >= 0.3 is 0 Å². The summed E-state index contributed by atoms with van der Waals surface area (Å²) in [5.74, 6) is 2.11. The third-order valence-electron chi connectivity index (χ3n) is 4.20. The van der Waals surface area contributed by atoms with Gasteiger partial charge in [0, 0.05) is 23.1 Å². The summed E-state index contributed by atoms with van der Waals surface area (Å²) in [5, 5.41) is 11.9. The summed E-state index contributed by atoms with van der Waals surface area (Å²) in [4.78, 5) is 0. The Hall–Kier alpha value is -0.380. The average Bonchev–Trinajstić information content (AvgIpc) is 2.81. The van der Waals surface area contributed by atoms with Crippen molar-refractivity contribution in [3.63, 3.8) is 0 Å². The van der Waals surface area contributed by atoms with Gasteiger partial charge in [-0.25, -0.2) is 0 Å². The fourth-order valence-corrected chi connectivity index (χ4v) is 4.48. The molecular formula is C15H19ClO2S. The van der Waals surface area contributed by atoms with Gasteiger partial charge < -0.3 is 9.84 Å². The molecule has 0 bridgehead atoms. The van der Waals surface area contributed by atoms with Gasteiger partial charge in [-0.3, -0.25) is 0 Å². The maximum absolute atomic E-state index is 10.9. The van der Waals surface area contributed by atoms with Crippen LogP contribution >= 0.6 is 23.4 Å². The van der Waals surface area contributed by atoms with Crippen molar-refractivity contribution in [3.05, 3.63) is 28.3 Å². The topological polar surface area (TPSA) is 29.5 Å². The van der Waals surface area contributed by atoms with Gasteiger partial charge in [0.2, 0.25) is 0 Å². The van der Waals surface area contributed by atoms with Gasteiger partial charge in [-0.2, -0.15) is 11.8 Å². The SMILES string of the molecule is CC1SCCCC1(O)Cc1cc(Cl)cc2c1OCC2. The standard InChI is InChI=1S/C15H19ClO2S/c1-10-15(17,4-2-6-19-10)9-12-8-13(16)7-11-3-5-18-14(11)12/h7-8,10,17H,2-6,9H2,1H3. The second-order valence-electron chi connectivity index (χ2n) is 5.55. The van der Waals surface area contributed by atoms with Crippen molar-refractivity contribution in [2.45, 2.75) is 43.5 Å². The van der Waals surface area contributed by atoms with Gasteiger partial charge in [0.05, 0.1) is 12.2 Å². The van der Waals surface area contributed by atoms with Crippen LogP contribution in [0, 0.1) is 0 Å². The van der Waals surface area contributed by atoms with E-state index in [1.807, 2.05) is 23.9 Å². The largest absolute Gasteiger partial charge is 0.493 e. The minimum atomic E-state index is -0.632. The van der Waals surface area contributed by atoms with Crippen molar-refractivity contribution in [1.82, 2.24) is 0 Å². The maximum atomic E-state index is 10.9. The van der Waals surface area contributed by atoms with E-state index < -0.39 is 5.60 Å². The fourth-order valence-electron chi connectivity index (χ4n) is 3.04. The Kier molecular flexibility index (Phi) is 3.71. The van der Waals surface area contributed by atoms with Gasteiger partial charge in [-0.1, -0.05) is 18.5 Å². The van der Waals surface area contributed by atoms with Crippen molar-refractivity contribution >= 4 is 23.4 Å². The van der Waals surface area contributed by atoms with Crippen molar-refractivity contribution in [2.24, 2.45) is 0 Å². The number of rotatable bonds is 2. The first-order valence-electron chi connectivity index (χ1n) is 6.86. The zero-order valence-electron chi connectivity index (χ0n) is 11.1. The van der Waals surface area contributed by atoms with E-state index in [2.05, 4.69) is 6.92 Å². The molecule has 2 atom stereocenters. The van der Waals surface area contributed by atoms with Gasteiger partial charge in [0.25, 0.3) is 0 Å². The predicted octanol–water partition coefficient (Wildman–Crippen LogP) is 3.46. The lowest BCUT2D eigenvalue weighted by Gasteiger charge is -2.38. The summed E-state index contributed by atoms with van der Waals surface area (Å²) in [6.45, 7) is 2.85.